The lowest BCUT2D eigenvalue weighted by molar-refractivity contribution is 0.564. The summed E-state index contributed by atoms with van der Waals surface area (Å²) in [6.07, 6.45) is 6.24. The molecule has 1 aliphatic rings. The minimum Gasteiger partial charge on any atom is -0.0988 e. The van der Waals surface area contributed by atoms with E-state index in [0.717, 1.165) is 0 Å². The molecule has 0 amide bonds. The van der Waals surface area contributed by atoms with Crippen molar-refractivity contribution in [3.63, 3.8) is 0 Å². The highest BCUT2D eigenvalue weighted by Crippen LogP contribution is 2.39. The SMILES string of the molecule is C=CC1=CC=C(C)C1(C)C. The van der Waals surface area contributed by atoms with Crippen LogP contribution >= 0.6 is 0 Å². The van der Waals surface area contributed by atoms with E-state index in [2.05, 4.69) is 39.5 Å². The molecule has 54 valence electrons. The molecule has 0 saturated heterocycles. The summed E-state index contributed by atoms with van der Waals surface area (Å²) in [5, 5.41) is 0. The highest BCUT2D eigenvalue weighted by Gasteiger charge is 2.25. The van der Waals surface area contributed by atoms with Gasteiger partial charge in [0.15, 0.2) is 0 Å². The second kappa shape index (κ2) is 2.12. The van der Waals surface area contributed by atoms with Crippen molar-refractivity contribution in [3.05, 3.63) is 36.0 Å². The Morgan fingerprint density at radius 2 is 2.00 bits per heavy atom. The summed E-state index contributed by atoms with van der Waals surface area (Å²) in [4.78, 5) is 0. The molecule has 0 unspecified atom stereocenters. The van der Waals surface area contributed by atoms with Crippen molar-refractivity contribution >= 4 is 0 Å². The first-order chi connectivity index (χ1) is 4.59. The molecular formula is C10H14. The quantitative estimate of drug-likeness (QED) is 0.517. The van der Waals surface area contributed by atoms with E-state index in [9.17, 15) is 0 Å². The predicted molar refractivity (Wildman–Crippen MR) is 45.8 cm³/mol. The molecule has 0 aromatic heterocycles. The Bertz CT molecular complexity index is 214. The monoisotopic (exact) mass is 134 g/mol. The first kappa shape index (κ1) is 7.33. The van der Waals surface area contributed by atoms with E-state index < -0.39 is 0 Å². The van der Waals surface area contributed by atoms with Gasteiger partial charge in [-0.3, -0.25) is 0 Å². The van der Waals surface area contributed by atoms with Crippen LogP contribution in [0, 0.1) is 5.41 Å². The Hall–Kier alpha value is -0.780. The van der Waals surface area contributed by atoms with Gasteiger partial charge in [0.25, 0.3) is 0 Å². The van der Waals surface area contributed by atoms with E-state index in [1.165, 1.54) is 11.1 Å². The third kappa shape index (κ3) is 0.841. The number of hydrogen-bond donors (Lipinski definition) is 0. The number of allylic oxidation sites excluding steroid dienone is 5. The smallest absolute Gasteiger partial charge is 0.0105 e. The summed E-state index contributed by atoms with van der Waals surface area (Å²) < 4.78 is 0. The van der Waals surface area contributed by atoms with Crippen molar-refractivity contribution in [2.75, 3.05) is 0 Å². The Morgan fingerprint density at radius 1 is 1.40 bits per heavy atom. The molecule has 0 N–H and O–H groups in total. The average molecular weight is 134 g/mol. The van der Waals surface area contributed by atoms with Crippen LogP contribution in [-0.2, 0) is 0 Å². The van der Waals surface area contributed by atoms with E-state index in [0.29, 0.717) is 0 Å². The van der Waals surface area contributed by atoms with E-state index in [1.54, 1.807) is 0 Å². The summed E-state index contributed by atoms with van der Waals surface area (Å²) in [5.74, 6) is 0. The Balaban J connectivity index is 2.99. The van der Waals surface area contributed by atoms with Crippen LogP contribution in [0.2, 0.25) is 0 Å². The molecule has 0 nitrogen and oxygen atoms in total. The molecule has 0 saturated carbocycles. The van der Waals surface area contributed by atoms with Crippen molar-refractivity contribution in [2.45, 2.75) is 20.8 Å². The van der Waals surface area contributed by atoms with E-state index in [1.807, 2.05) is 6.08 Å². The van der Waals surface area contributed by atoms with Gasteiger partial charge in [0.05, 0.1) is 0 Å². The van der Waals surface area contributed by atoms with Gasteiger partial charge in [-0.2, -0.15) is 0 Å². The molecular weight excluding hydrogens is 120 g/mol. The van der Waals surface area contributed by atoms with Gasteiger partial charge in [-0.05, 0) is 12.5 Å². The predicted octanol–water partition coefficient (Wildman–Crippen LogP) is 3.08. The Kier molecular flexibility index (Phi) is 1.55. The largest absolute Gasteiger partial charge is 0.0988 e. The molecule has 0 heterocycles. The summed E-state index contributed by atoms with van der Waals surface area (Å²) in [7, 11) is 0. The fourth-order valence-corrected chi connectivity index (χ4v) is 1.18. The third-order valence-corrected chi connectivity index (χ3v) is 2.44. The number of hydrogen-bond acceptors (Lipinski definition) is 0. The molecule has 0 aliphatic heterocycles. The molecule has 0 bridgehead atoms. The maximum atomic E-state index is 3.77. The zero-order valence-corrected chi connectivity index (χ0v) is 6.94. The molecule has 1 aliphatic carbocycles. The molecule has 10 heavy (non-hydrogen) atoms. The van der Waals surface area contributed by atoms with Gasteiger partial charge in [-0.15, -0.1) is 0 Å². The van der Waals surface area contributed by atoms with Crippen molar-refractivity contribution < 1.29 is 0 Å². The fourth-order valence-electron chi connectivity index (χ4n) is 1.18. The summed E-state index contributed by atoms with van der Waals surface area (Å²) in [6, 6.07) is 0. The van der Waals surface area contributed by atoms with E-state index in [-0.39, 0.29) is 5.41 Å². The van der Waals surface area contributed by atoms with Crippen molar-refractivity contribution in [3.8, 4) is 0 Å². The van der Waals surface area contributed by atoms with Crippen molar-refractivity contribution in [1.29, 1.82) is 0 Å². The van der Waals surface area contributed by atoms with Crippen LogP contribution in [0.25, 0.3) is 0 Å². The topological polar surface area (TPSA) is 0 Å². The first-order valence-corrected chi connectivity index (χ1v) is 3.61. The molecule has 0 aromatic rings. The summed E-state index contributed by atoms with van der Waals surface area (Å²) in [5.41, 5.74) is 2.97. The maximum Gasteiger partial charge on any atom is 0.0105 e. The minimum atomic E-state index is 0.224. The summed E-state index contributed by atoms with van der Waals surface area (Å²) >= 11 is 0. The molecule has 0 spiro atoms. The van der Waals surface area contributed by atoms with Crippen LogP contribution in [0.4, 0.5) is 0 Å². The molecule has 0 fully saturated rings. The highest BCUT2D eigenvalue weighted by molar-refractivity contribution is 5.43. The van der Waals surface area contributed by atoms with Crippen LogP contribution in [0.5, 0.6) is 0 Å². The van der Waals surface area contributed by atoms with Gasteiger partial charge in [0, 0.05) is 5.41 Å². The van der Waals surface area contributed by atoms with Crippen LogP contribution in [0.1, 0.15) is 20.8 Å². The highest BCUT2D eigenvalue weighted by atomic mass is 14.3. The fraction of sp³-hybridized carbons (Fsp3) is 0.400. The molecule has 1 rings (SSSR count). The van der Waals surface area contributed by atoms with Crippen LogP contribution in [0.3, 0.4) is 0 Å². The lowest BCUT2D eigenvalue weighted by atomic mass is 9.82. The minimum absolute atomic E-state index is 0.224. The number of rotatable bonds is 1. The van der Waals surface area contributed by atoms with Crippen molar-refractivity contribution in [2.24, 2.45) is 5.41 Å². The standard InChI is InChI=1S/C10H14/c1-5-9-7-6-8(2)10(9,3)4/h5-7H,1H2,2-4H3. The third-order valence-electron chi connectivity index (χ3n) is 2.44. The van der Waals surface area contributed by atoms with Gasteiger partial charge >= 0.3 is 0 Å². The Morgan fingerprint density at radius 3 is 2.20 bits per heavy atom. The molecule has 0 aromatic carbocycles. The van der Waals surface area contributed by atoms with Gasteiger partial charge < -0.3 is 0 Å². The zero-order valence-electron chi connectivity index (χ0n) is 6.94. The molecule has 0 radical (unpaired) electrons. The lowest BCUT2D eigenvalue weighted by Crippen LogP contribution is -2.11. The Labute approximate surface area is 62.9 Å². The van der Waals surface area contributed by atoms with Gasteiger partial charge in [-0.25, -0.2) is 0 Å². The van der Waals surface area contributed by atoms with Gasteiger partial charge in [0.2, 0.25) is 0 Å². The van der Waals surface area contributed by atoms with Crippen LogP contribution in [-0.4, -0.2) is 0 Å². The van der Waals surface area contributed by atoms with Crippen molar-refractivity contribution in [1.82, 2.24) is 0 Å². The average Bonchev–Trinajstić information content (AvgIpc) is 2.10. The van der Waals surface area contributed by atoms with Crippen LogP contribution in [0.15, 0.2) is 36.0 Å². The second-order valence-corrected chi connectivity index (χ2v) is 3.30. The summed E-state index contributed by atoms with van der Waals surface area (Å²) in [6.45, 7) is 10.4. The second-order valence-electron chi connectivity index (χ2n) is 3.30. The van der Waals surface area contributed by atoms with Gasteiger partial charge in [-0.1, -0.05) is 44.2 Å². The zero-order chi connectivity index (χ0) is 7.78. The van der Waals surface area contributed by atoms with E-state index in [4.69, 9.17) is 0 Å². The first-order valence-electron chi connectivity index (χ1n) is 3.61. The normalized spacial score (nSPS) is 21.9. The molecule has 0 heteroatoms. The molecule has 0 atom stereocenters. The van der Waals surface area contributed by atoms with Crippen LogP contribution < -0.4 is 0 Å². The van der Waals surface area contributed by atoms with Gasteiger partial charge in [0.1, 0.15) is 0 Å². The maximum absolute atomic E-state index is 3.77. The lowest BCUT2D eigenvalue weighted by Gasteiger charge is -2.22. The van der Waals surface area contributed by atoms with E-state index >= 15 is 0 Å².